The van der Waals surface area contributed by atoms with E-state index in [0.717, 1.165) is 0 Å². The molecule has 0 saturated carbocycles. The molecule has 2 aromatic carbocycles. The summed E-state index contributed by atoms with van der Waals surface area (Å²) in [6.07, 6.45) is 24.6. The maximum atomic E-state index is 16.9. The summed E-state index contributed by atoms with van der Waals surface area (Å²) in [5.41, 5.74) is 0.748. The van der Waals surface area contributed by atoms with Crippen LogP contribution in [0.1, 0.15) is 24.0 Å². The molecule has 2 nitrogen and oxygen atoms in total. The van der Waals surface area contributed by atoms with E-state index >= 15 is 17.6 Å². The van der Waals surface area contributed by atoms with Gasteiger partial charge in [0.2, 0.25) is 0 Å². The van der Waals surface area contributed by atoms with E-state index in [4.69, 9.17) is 0 Å². The van der Waals surface area contributed by atoms with Gasteiger partial charge in [-0.15, -0.1) is 0 Å². The summed E-state index contributed by atoms with van der Waals surface area (Å²) in [6.45, 7) is 1.37. The zero-order chi connectivity index (χ0) is 29.8. The van der Waals surface area contributed by atoms with Gasteiger partial charge in [0.05, 0.1) is 0 Å². The van der Waals surface area contributed by atoms with Gasteiger partial charge >= 0.3 is 255 Å². The van der Waals surface area contributed by atoms with Gasteiger partial charge in [0.1, 0.15) is 0 Å². The van der Waals surface area contributed by atoms with Gasteiger partial charge in [-0.3, -0.25) is 0 Å². The molecule has 0 aliphatic heterocycles. The van der Waals surface area contributed by atoms with Gasteiger partial charge in [-0.2, -0.15) is 0 Å². The Hall–Kier alpha value is -3.61. The summed E-state index contributed by atoms with van der Waals surface area (Å²) in [4.78, 5) is 0. The Labute approximate surface area is 253 Å². The molecular formula is C36H34F4N2Ti. The summed E-state index contributed by atoms with van der Waals surface area (Å²) in [5, 5.41) is 0. The van der Waals surface area contributed by atoms with Crippen molar-refractivity contribution in [3.05, 3.63) is 156 Å². The fourth-order valence-corrected chi connectivity index (χ4v) is 15.7. The molecule has 0 spiro atoms. The molecule has 2 aromatic heterocycles. The number of allylic oxidation sites excluding steroid dienone is 8. The first-order valence-corrected chi connectivity index (χ1v) is 18.2. The van der Waals surface area contributed by atoms with Crippen molar-refractivity contribution >= 4 is 7.74 Å². The fourth-order valence-electron chi connectivity index (χ4n) is 6.76. The number of rotatable bonds is 12. The molecule has 43 heavy (non-hydrogen) atoms. The van der Waals surface area contributed by atoms with Crippen molar-refractivity contribution in [2.24, 2.45) is 0 Å². The molecule has 6 rings (SSSR count). The summed E-state index contributed by atoms with van der Waals surface area (Å²) in [7, 11) is 0. The summed E-state index contributed by atoms with van der Waals surface area (Å²) < 4.78 is 69.0. The number of aryl methyl sites for hydroxylation is 4. The van der Waals surface area contributed by atoms with Crippen molar-refractivity contribution < 1.29 is 34.2 Å². The quantitative estimate of drug-likeness (QED) is 0.112. The van der Waals surface area contributed by atoms with Crippen LogP contribution >= 0.6 is 0 Å². The molecule has 2 aliphatic rings. The van der Waals surface area contributed by atoms with Gasteiger partial charge in [-0.05, 0) is 0 Å². The van der Waals surface area contributed by atoms with Gasteiger partial charge in [0.25, 0.3) is 0 Å². The first-order chi connectivity index (χ1) is 21.0. The van der Waals surface area contributed by atoms with E-state index in [-0.39, 0.29) is 7.74 Å². The van der Waals surface area contributed by atoms with Gasteiger partial charge in [-0.25, -0.2) is 0 Å². The van der Waals surface area contributed by atoms with Crippen molar-refractivity contribution in [3.8, 4) is 0 Å². The standard InChI is InChI=1S/2C13H12F2N.2C5H5.Ti/c2*14-12-6-5-11(13(15)10-12)4-3-9-16-7-1-2-8-16;2*1-2-4-5-3-1;/h2*1-2,5-8H,3-4,9H2;2*1-5H;. The Morgan fingerprint density at radius 2 is 0.907 bits per heavy atom. The van der Waals surface area contributed by atoms with Crippen LogP contribution in [-0.2, 0) is 42.5 Å². The van der Waals surface area contributed by atoms with E-state index in [0.29, 0.717) is 49.9 Å². The molecule has 0 fully saturated rings. The summed E-state index contributed by atoms with van der Waals surface area (Å²) in [6, 6.07) is 13.3. The molecule has 0 atom stereocenters. The van der Waals surface area contributed by atoms with E-state index in [1.165, 1.54) is 24.3 Å². The molecule has 2 aliphatic carbocycles. The molecular weight excluding hydrogens is 584 g/mol. The van der Waals surface area contributed by atoms with Gasteiger partial charge < -0.3 is 0 Å². The van der Waals surface area contributed by atoms with Crippen molar-refractivity contribution in [2.45, 2.75) is 47.2 Å². The van der Waals surface area contributed by atoms with E-state index < -0.39 is 48.3 Å². The van der Waals surface area contributed by atoms with E-state index in [9.17, 15) is 0 Å². The Morgan fingerprint density at radius 1 is 0.535 bits per heavy atom. The van der Waals surface area contributed by atoms with Crippen molar-refractivity contribution in [2.75, 3.05) is 0 Å². The zero-order valence-corrected chi connectivity index (χ0v) is 25.4. The topological polar surface area (TPSA) is 9.86 Å². The Kier molecular flexibility index (Phi) is 8.87. The summed E-state index contributed by atoms with van der Waals surface area (Å²) in [5.74, 6) is -2.78. The maximum absolute atomic E-state index is 16.9. The second kappa shape index (κ2) is 12.9. The number of nitrogens with zero attached hydrogens (tertiary/aromatic N) is 2. The van der Waals surface area contributed by atoms with Crippen LogP contribution in [0.5, 0.6) is 0 Å². The normalized spacial score (nSPS) is 15.0. The van der Waals surface area contributed by atoms with Crippen LogP contribution in [0.25, 0.3) is 0 Å². The molecule has 0 radical (unpaired) electrons. The molecule has 0 bridgehead atoms. The van der Waals surface area contributed by atoms with Gasteiger partial charge in [0.15, 0.2) is 0 Å². The second-order valence-corrected chi connectivity index (χ2v) is 17.7. The average molecular weight is 619 g/mol. The van der Waals surface area contributed by atoms with Crippen LogP contribution in [-0.4, -0.2) is 9.13 Å². The van der Waals surface area contributed by atoms with E-state index in [1.54, 1.807) is 0 Å². The number of aromatic nitrogens is 2. The van der Waals surface area contributed by atoms with Crippen LogP contribution in [0.2, 0.25) is 8.45 Å². The third kappa shape index (κ3) is 5.71. The molecule has 7 heteroatoms. The predicted molar refractivity (Wildman–Crippen MR) is 162 cm³/mol. The van der Waals surface area contributed by atoms with Crippen molar-refractivity contribution in [1.29, 1.82) is 0 Å². The zero-order valence-electron chi connectivity index (χ0n) is 23.9. The van der Waals surface area contributed by atoms with Crippen LogP contribution in [0.15, 0.2) is 122 Å². The van der Waals surface area contributed by atoms with Crippen LogP contribution in [0, 0.1) is 23.3 Å². The Balaban J connectivity index is 1.49. The Bertz CT molecular complexity index is 1530. The molecule has 220 valence electrons. The van der Waals surface area contributed by atoms with Crippen molar-refractivity contribution in [1.82, 2.24) is 9.13 Å². The minimum absolute atomic E-state index is 0.108. The third-order valence-corrected chi connectivity index (χ3v) is 17.3. The van der Waals surface area contributed by atoms with Crippen LogP contribution in [0.4, 0.5) is 17.6 Å². The third-order valence-electron chi connectivity index (χ3n) is 8.77. The number of benzene rings is 2. The van der Waals surface area contributed by atoms with E-state index in [1.807, 2.05) is 107 Å². The number of hydrogen-bond donors (Lipinski definition) is 0. The molecule has 0 unspecified atom stereocenters. The first-order valence-electron chi connectivity index (χ1n) is 14.9. The predicted octanol–water partition coefficient (Wildman–Crippen LogP) is 8.05. The second-order valence-electron chi connectivity index (χ2n) is 11.3. The SMILES string of the molecule is Fc1ccc(CCCn2cccc2)c(F)[c]1[Ti]([c]1c(F)ccc(CCCn2cccc2)c1F)([CH]1C=CC=C1)[CH]1C=CC=C1. The number of halogens is 4. The van der Waals surface area contributed by atoms with Crippen LogP contribution in [0.3, 0.4) is 0 Å². The average Bonchev–Trinajstić information content (AvgIpc) is 3.83. The molecule has 4 aromatic rings. The van der Waals surface area contributed by atoms with Crippen molar-refractivity contribution in [3.63, 3.8) is 0 Å². The van der Waals surface area contributed by atoms with Gasteiger partial charge in [0, 0.05) is 0 Å². The monoisotopic (exact) mass is 618 g/mol. The number of hydrogen-bond acceptors (Lipinski definition) is 0. The van der Waals surface area contributed by atoms with Crippen LogP contribution < -0.4 is 7.74 Å². The fraction of sp³-hybridized carbons (Fsp3) is 0.222. The summed E-state index contributed by atoms with van der Waals surface area (Å²) >= 11 is -4.75. The molecule has 0 N–H and O–H groups in total. The Morgan fingerprint density at radius 3 is 1.28 bits per heavy atom. The minimum atomic E-state index is -4.75. The molecule has 0 amide bonds. The van der Waals surface area contributed by atoms with E-state index in [2.05, 4.69) is 0 Å². The molecule has 0 saturated heterocycles. The van der Waals surface area contributed by atoms with Gasteiger partial charge in [-0.1, -0.05) is 0 Å². The first kappa shape index (κ1) is 29.5. The molecule has 2 heterocycles.